The van der Waals surface area contributed by atoms with Gasteiger partial charge in [-0.05, 0) is 37.7 Å². The molecule has 100 valence electrons. The number of nitrogens with zero attached hydrogens (tertiary/aromatic N) is 2. The lowest BCUT2D eigenvalue weighted by Gasteiger charge is -2.36. The second kappa shape index (κ2) is 6.76. The number of benzene rings is 1. The van der Waals surface area contributed by atoms with E-state index in [1.807, 2.05) is 7.05 Å². The van der Waals surface area contributed by atoms with Crippen LogP contribution in [-0.2, 0) is 6.54 Å². The SMILES string of the molecule is CCCN1CCN(c2ccc(CNC)cc2)CC1. The molecule has 0 aromatic heterocycles. The topological polar surface area (TPSA) is 18.5 Å². The van der Waals surface area contributed by atoms with Gasteiger partial charge in [-0.1, -0.05) is 19.1 Å². The van der Waals surface area contributed by atoms with Crippen molar-refractivity contribution < 1.29 is 0 Å². The van der Waals surface area contributed by atoms with Crippen LogP contribution in [0, 0.1) is 0 Å². The first-order valence-electron chi connectivity index (χ1n) is 7.04. The molecule has 2 rings (SSSR count). The van der Waals surface area contributed by atoms with Crippen LogP contribution >= 0.6 is 0 Å². The van der Waals surface area contributed by atoms with Crippen molar-refractivity contribution >= 4 is 5.69 Å². The van der Waals surface area contributed by atoms with Crippen LogP contribution in [0.2, 0.25) is 0 Å². The zero-order valence-electron chi connectivity index (χ0n) is 11.7. The maximum atomic E-state index is 3.18. The fourth-order valence-corrected chi connectivity index (χ4v) is 2.57. The van der Waals surface area contributed by atoms with Crippen LogP contribution in [0.15, 0.2) is 24.3 Å². The van der Waals surface area contributed by atoms with E-state index in [9.17, 15) is 0 Å². The molecule has 3 heteroatoms. The molecule has 0 bridgehead atoms. The number of nitrogens with one attached hydrogen (secondary N) is 1. The predicted molar refractivity (Wildman–Crippen MR) is 78.1 cm³/mol. The minimum Gasteiger partial charge on any atom is -0.369 e. The molecule has 0 aliphatic carbocycles. The Morgan fingerprint density at radius 1 is 1.06 bits per heavy atom. The Balaban J connectivity index is 1.89. The van der Waals surface area contributed by atoms with Crippen molar-refractivity contribution in [2.24, 2.45) is 0 Å². The van der Waals surface area contributed by atoms with Crippen LogP contribution in [-0.4, -0.2) is 44.7 Å². The second-order valence-corrected chi connectivity index (χ2v) is 5.03. The van der Waals surface area contributed by atoms with Crippen molar-refractivity contribution in [3.63, 3.8) is 0 Å². The molecule has 3 nitrogen and oxygen atoms in total. The number of hydrogen-bond acceptors (Lipinski definition) is 3. The third kappa shape index (κ3) is 3.47. The van der Waals surface area contributed by atoms with Gasteiger partial charge in [-0.15, -0.1) is 0 Å². The Morgan fingerprint density at radius 3 is 2.28 bits per heavy atom. The van der Waals surface area contributed by atoms with Gasteiger partial charge >= 0.3 is 0 Å². The highest BCUT2D eigenvalue weighted by atomic mass is 15.3. The average molecular weight is 247 g/mol. The van der Waals surface area contributed by atoms with E-state index < -0.39 is 0 Å². The first kappa shape index (κ1) is 13.4. The van der Waals surface area contributed by atoms with Gasteiger partial charge in [0.1, 0.15) is 0 Å². The van der Waals surface area contributed by atoms with Crippen LogP contribution in [0.25, 0.3) is 0 Å². The summed E-state index contributed by atoms with van der Waals surface area (Å²) in [6.45, 7) is 9.17. The molecule has 18 heavy (non-hydrogen) atoms. The van der Waals surface area contributed by atoms with Gasteiger partial charge in [-0.3, -0.25) is 4.90 Å². The summed E-state index contributed by atoms with van der Waals surface area (Å²) < 4.78 is 0. The van der Waals surface area contributed by atoms with E-state index in [-0.39, 0.29) is 0 Å². The van der Waals surface area contributed by atoms with Crippen LogP contribution in [0.3, 0.4) is 0 Å². The first-order valence-corrected chi connectivity index (χ1v) is 7.04. The Bertz CT molecular complexity index is 339. The van der Waals surface area contributed by atoms with Crippen LogP contribution < -0.4 is 10.2 Å². The predicted octanol–water partition coefficient (Wildman–Crippen LogP) is 1.94. The van der Waals surface area contributed by atoms with Crippen LogP contribution in [0.4, 0.5) is 5.69 Å². The summed E-state index contributed by atoms with van der Waals surface area (Å²) in [5.74, 6) is 0. The van der Waals surface area contributed by atoms with Gasteiger partial charge in [0.05, 0.1) is 0 Å². The molecule has 1 heterocycles. The van der Waals surface area contributed by atoms with Crippen molar-refractivity contribution in [3.8, 4) is 0 Å². The quantitative estimate of drug-likeness (QED) is 0.858. The van der Waals surface area contributed by atoms with E-state index >= 15 is 0 Å². The van der Waals surface area contributed by atoms with E-state index in [2.05, 4.69) is 46.3 Å². The Kier molecular flexibility index (Phi) is 5.02. The minimum atomic E-state index is 0.949. The molecule has 1 aliphatic heterocycles. The molecule has 0 atom stereocenters. The molecule has 1 N–H and O–H groups in total. The maximum absolute atomic E-state index is 3.18. The molecule has 1 saturated heterocycles. The third-order valence-electron chi connectivity index (χ3n) is 3.59. The zero-order valence-corrected chi connectivity index (χ0v) is 11.7. The molecular formula is C15H25N3. The normalized spacial score (nSPS) is 17.1. The summed E-state index contributed by atoms with van der Waals surface area (Å²) in [6, 6.07) is 8.96. The third-order valence-corrected chi connectivity index (χ3v) is 3.59. The van der Waals surface area contributed by atoms with Gasteiger partial charge in [0.2, 0.25) is 0 Å². The van der Waals surface area contributed by atoms with Crippen molar-refractivity contribution in [2.45, 2.75) is 19.9 Å². The Morgan fingerprint density at radius 2 is 1.72 bits per heavy atom. The number of hydrogen-bond donors (Lipinski definition) is 1. The van der Waals surface area contributed by atoms with Crippen molar-refractivity contribution in [1.29, 1.82) is 0 Å². The Hall–Kier alpha value is -1.06. The fraction of sp³-hybridized carbons (Fsp3) is 0.600. The lowest BCUT2D eigenvalue weighted by Crippen LogP contribution is -2.46. The Labute approximate surface area is 111 Å². The smallest absolute Gasteiger partial charge is 0.0367 e. The van der Waals surface area contributed by atoms with Crippen molar-refractivity contribution in [3.05, 3.63) is 29.8 Å². The molecule has 0 saturated carbocycles. The highest BCUT2D eigenvalue weighted by molar-refractivity contribution is 5.48. The average Bonchev–Trinajstić information content (AvgIpc) is 2.41. The summed E-state index contributed by atoms with van der Waals surface area (Å²) in [5, 5.41) is 3.18. The van der Waals surface area contributed by atoms with E-state index in [1.54, 1.807) is 0 Å². The summed E-state index contributed by atoms with van der Waals surface area (Å²) in [7, 11) is 1.99. The van der Waals surface area contributed by atoms with Gasteiger partial charge in [-0.25, -0.2) is 0 Å². The molecule has 1 fully saturated rings. The molecule has 1 aromatic carbocycles. The largest absolute Gasteiger partial charge is 0.369 e. The van der Waals surface area contributed by atoms with Crippen LogP contribution in [0.1, 0.15) is 18.9 Å². The molecular weight excluding hydrogens is 222 g/mol. The molecule has 0 amide bonds. The van der Waals surface area contributed by atoms with Gasteiger partial charge in [0.15, 0.2) is 0 Å². The second-order valence-electron chi connectivity index (χ2n) is 5.03. The van der Waals surface area contributed by atoms with E-state index in [4.69, 9.17) is 0 Å². The zero-order chi connectivity index (χ0) is 12.8. The molecule has 0 radical (unpaired) electrons. The highest BCUT2D eigenvalue weighted by Gasteiger charge is 2.15. The molecule has 0 spiro atoms. The van der Waals surface area contributed by atoms with Gasteiger partial charge in [-0.2, -0.15) is 0 Å². The number of piperazine rings is 1. The van der Waals surface area contributed by atoms with Gasteiger partial charge < -0.3 is 10.2 Å². The summed E-state index contributed by atoms with van der Waals surface area (Å²) in [6.07, 6.45) is 1.26. The molecule has 1 aliphatic rings. The number of rotatable bonds is 5. The van der Waals surface area contributed by atoms with E-state index in [1.165, 1.54) is 37.3 Å². The van der Waals surface area contributed by atoms with Crippen molar-refractivity contribution in [2.75, 3.05) is 44.7 Å². The monoisotopic (exact) mass is 247 g/mol. The van der Waals surface area contributed by atoms with Crippen molar-refractivity contribution in [1.82, 2.24) is 10.2 Å². The lowest BCUT2D eigenvalue weighted by molar-refractivity contribution is 0.258. The standard InChI is InChI=1S/C15H25N3/c1-3-8-17-9-11-18(12-10-17)15-6-4-14(5-7-15)13-16-2/h4-7,16H,3,8-13H2,1-2H3. The van der Waals surface area contributed by atoms with Gasteiger partial charge in [0, 0.05) is 38.4 Å². The summed E-state index contributed by atoms with van der Waals surface area (Å²) in [4.78, 5) is 5.06. The molecule has 0 unspecified atom stereocenters. The minimum absolute atomic E-state index is 0.949. The van der Waals surface area contributed by atoms with E-state index in [0.29, 0.717) is 0 Å². The number of anilines is 1. The summed E-state index contributed by atoms with van der Waals surface area (Å²) >= 11 is 0. The first-order chi connectivity index (χ1) is 8.83. The molecule has 1 aromatic rings. The fourth-order valence-electron chi connectivity index (χ4n) is 2.57. The van der Waals surface area contributed by atoms with Gasteiger partial charge in [0.25, 0.3) is 0 Å². The van der Waals surface area contributed by atoms with E-state index in [0.717, 1.165) is 19.6 Å². The highest BCUT2D eigenvalue weighted by Crippen LogP contribution is 2.17. The van der Waals surface area contributed by atoms with Crippen LogP contribution in [0.5, 0.6) is 0 Å². The lowest BCUT2D eigenvalue weighted by atomic mass is 10.1. The maximum Gasteiger partial charge on any atom is 0.0367 e. The summed E-state index contributed by atoms with van der Waals surface area (Å²) in [5.41, 5.74) is 2.72.